The third-order valence-electron chi connectivity index (χ3n) is 3.86. The summed E-state index contributed by atoms with van der Waals surface area (Å²) in [6, 6.07) is 5.19. The van der Waals surface area contributed by atoms with E-state index in [1.807, 2.05) is 0 Å². The number of carbonyl (C=O) groups is 1. The molecule has 6 nitrogen and oxygen atoms in total. The van der Waals surface area contributed by atoms with Gasteiger partial charge in [-0.15, -0.1) is 0 Å². The molecule has 1 aliphatic rings. The third kappa shape index (κ3) is 5.82. The van der Waals surface area contributed by atoms with Crippen molar-refractivity contribution in [2.75, 3.05) is 59.8 Å². The molecular formula is C17H26NO5+. The molecule has 0 aromatic heterocycles. The van der Waals surface area contributed by atoms with Crippen LogP contribution in [-0.4, -0.2) is 65.6 Å². The molecule has 0 amide bonds. The van der Waals surface area contributed by atoms with Crippen LogP contribution >= 0.6 is 0 Å². The van der Waals surface area contributed by atoms with Gasteiger partial charge < -0.3 is 23.8 Å². The number of morpholine rings is 1. The Labute approximate surface area is 137 Å². The molecule has 0 unspecified atom stereocenters. The molecule has 0 spiro atoms. The zero-order chi connectivity index (χ0) is 16.5. The van der Waals surface area contributed by atoms with Crippen LogP contribution in [0.25, 0.3) is 0 Å². The van der Waals surface area contributed by atoms with E-state index in [1.165, 1.54) is 11.8 Å². The minimum absolute atomic E-state index is 0.00351. The van der Waals surface area contributed by atoms with E-state index < -0.39 is 0 Å². The molecule has 0 radical (unpaired) electrons. The fourth-order valence-corrected chi connectivity index (χ4v) is 2.45. The van der Waals surface area contributed by atoms with Crippen molar-refractivity contribution < 1.29 is 28.6 Å². The van der Waals surface area contributed by atoms with Crippen molar-refractivity contribution in [3.05, 3.63) is 23.8 Å². The van der Waals surface area contributed by atoms with Crippen LogP contribution < -0.4 is 14.4 Å². The zero-order valence-electron chi connectivity index (χ0n) is 13.9. The molecule has 1 aromatic carbocycles. The number of rotatable bonds is 9. The molecule has 2 rings (SSSR count). The molecule has 1 N–H and O–H groups in total. The van der Waals surface area contributed by atoms with Gasteiger partial charge in [-0.05, 0) is 25.1 Å². The van der Waals surface area contributed by atoms with E-state index in [1.54, 1.807) is 25.3 Å². The lowest BCUT2D eigenvalue weighted by atomic mass is 10.1. The van der Waals surface area contributed by atoms with Crippen molar-refractivity contribution in [1.29, 1.82) is 0 Å². The Balaban J connectivity index is 1.66. The summed E-state index contributed by atoms with van der Waals surface area (Å²) in [4.78, 5) is 12.9. The zero-order valence-corrected chi connectivity index (χ0v) is 13.9. The lowest BCUT2D eigenvalue weighted by Gasteiger charge is -2.23. The van der Waals surface area contributed by atoms with Gasteiger partial charge in [0.25, 0.3) is 0 Å². The van der Waals surface area contributed by atoms with Crippen LogP contribution in [-0.2, 0) is 9.47 Å². The highest BCUT2D eigenvalue weighted by Gasteiger charge is 2.13. The van der Waals surface area contributed by atoms with Crippen LogP contribution in [0.1, 0.15) is 17.3 Å². The number of quaternary nitrogens is 1. The fourth-order valence-electron chi connectivity index (χ4n) is 2.45. The Kier molecular flexibility index (Phi) is 7.32. The number of ketones is 1. The first kappa shape index (κ1) is 17.7. The maximum absolute atomic E-state index is 11.4. The highest BCUT2D eigenvalue weighted by atomic mass is 16.5. The largest absolute Gasteiger partial charge is 0.493 e. The van der Waals surface area contributed by atoms with Crippen LogP contribution in [0.4, 0.5) is 0 Å². The van der Waals surface area contributed by atoms with Gasteiger partial charge in [0.15, 0.2) is 17.3 Å². The summed E-state index contributed by atoms with van der Waals surface area (Å²) in [6.07, 6.45) is 0. The Hall–Kier alpha value is -1.63. The van der Waals surface area contributed by atoms with Gasteiger partial charge in [-0.3, -0.25) is 4.79 Å². The predicted octanol–water partition coefficient (Wildman–Crippen LogP) is 0.208. The predicted molar refractivity (Wildman–Crippen MR) is 85.7 cm³/mol. The monoisotopic (exact) mass is 324 g/mol. The summed E-state index contributed by atoms with van der Waals surface area (Å²) >= 11 is 0. The van der Waals surface area contributed by atoms with Gasteiger partial charge in [0, 0.05) is 5.56 Å². The minimum Gasteiger partial charge on any atom is -0.493 e. The van der Waals surface area contributed by atoms with E-state index in [2.05, 4.69) is 0 Å². The molecular weight excluding hydrogens is 298 g/mol. The molecule has 1 fully saturated rings. The topological polar surface area (TPSA) is 58.4 Å². The molecule has 0 saturated carbocycles. The third-order valence-corrected chi connectivity index (χ3v) is 3.86. The quantitative estimate of drug-likeness (QED) is 0.520. The number of carbonyl (C=O) groups excluding carboxylic acids is 1. The molecule has 0 atom stereocenters. The highest BCUT2D eigenvalue weighted by molar-refractivity contribution is 5.94. The molecule has 1 aliphatic heterocycles. The molecule has 128 valence electrons. The van der Waals surface area contributed by atoms with Crippen LogP contribution in [0.15, 0.2) is 18.2 Å². The van der Waals surface area contributed by atoms with Gasteiger partial charge in [0.05, 0.1) is 33.5 Å². The average Bonchev–Trinajstić information content (AvgIpc) is 2.58. The first-order valence-corrected chi connectivity index (χ1v) is 8.01. The lowest BCUT2D eigenvalue weighted by Crippen LogP contribution is -3.14. The molecule has 1 saturated heterocycles. The summed E-state index contributed by atoms with van der Waals surface area (Å²) in [5.41, 5.74) is 0.610. The summed E-state index contributed by atoms with van der Waals surface area (Å²) in [5, 5.41) is 0. The second kappa shape index (κ2) is 9.50. The van der Waals surface area contributed by atoms with E-state index in [4.69, 9.17) is 18.9 Å². The van der Waals surface area contributed by atoms with E-state index in [0.717, 1.165) is 39.5 Å². The fraction of sp³-hybridized carbons (Fsp3) is 0.588. The summed E-state index contributed by atoms with van der Waals surface area (Å²) in [5.74, 6) is 1.19. The van der Waals surface area contributed by atoms with E-state index in [9.17, 15) is 4.79 Å². The number of benzene rings is 1. The van der Waals surface area contributed by atoms with Crippen LogP contribution in [0.5, 0.6) is 11.5 Å². The van der Waals surface area contributed by atoms with Gasteiger partial charge in [0.1, 0.15) is 26.2 Å². The normalized spacial score (nSPS) is 15.4. The van der Waals surface area contributed by atoms with Crippen LogP contribution in [0.3, 0.4) is 0 Å². The molecule has 1 aromatic rings. The number of hydrogen-bond acceptors (Lipinski definition) is 5. The summed E-state index contributed by atoms with van der Waals surface area (Å²) < 4.78 is 21.9. The maximum atomic E-state index is 11.4. The van der Waals surface area contributed by atoms with Gasteiger partial charge in [-0.2, -0.15) is 0 Å². The number of nitrogens with one attached hydrogen (secondary N) is 1. The summed E-state index contributed by atoms with van der Waals surface area (Å²) in [7, 11) is 1.56. The Morgan fingerprint density at radius 1 is 1.17 bits per heavy atom. The van der Waals surface area contributed by atoms with Crippen molar-refractivity contribution in [1.82, 2.24) is 0 Å². The number of hydrogen-bond donors (Lipinski definition) is 1. The number of Topliss-reactive ketones (excluding diaryl/α,β-unsaturated/α-hetero) is 1. The smallest absolute Gasteiger partial charge is 0.161 e. The van der Waals surface area contributed by atoms with Crippen LogP contribution in [0.2, 0.25) is 0 Å². The van der Waals surface area contributed by atoms with Gasteiger partial charge in [-0.1, -0.05) is 0 Å². The molecule has 1 heterocycles. The molecule has 0 bridgehead atoms. The maximum Gasteiger partial charge on any atom is 0.161 e. The molecule has 0 aliphatic carbocycles. The van der Waals surface area contributed by atoms with Crippen molar-refractivity contribution in [3.8, 4) is 11.5 Å². The number of methoxy groups -OCH3 is 1. The number of ether oxygens (including phenoxy) is 4. The van der Waals surface area contributed by atoms with Crippen molar-refractivity contribution >= 4 is 5.78 Å². The van der Waals surface area contributed by atoms with Gasteiger partial charge in [-0.25, -0.2) is 0 Å². The molecule has 23 heavy (non-hydrogen) atoms. The van der Waals surface area contributed by atoms with Crippen LogP contribution in [0, 0.1) is 0 Å². The van der Waals surface area contributed by atoms with Crippen molar-refractivity contribution in [2.24, 2.45) is 0 Å². The van der Waals surface area contributed by atoms with Crippen molar-refractivity contribution in [3.63, 3.8) is 0 Å². The van der Waals surface area contributed by atoms with Crippen molar-refractivity contribution in [2.45, 2.75) is 6.92 Å². The van der Waals surface area contributed by atoms with Gasteiger partial charge in [0.2, 0.25) is 0 Å². The summed E-state index contributed by atoms with van der Waals surface area (Å²) in [6.45, 7) is 8.02. The second-order valence-electron chi connectivity index (χ2n) is 5.50. The average molecular weight is 324 g/mol. The van der Waals surface area contributed by atoms with Gasteiger partial charge >= 0.3 is 0 Å². The highest BCUT2D eigenvalue weighted by Crippen LogP contribution is 2.28. The first-order chi connectivity index (χ1) is 11.2. The SMILES string of the molecule is COc1cc(C(C)=O)ccc1OCCOCC[NH+]1CCOCC1. The van der Waals surface area contributed by atoms with E-state index >= 15 is 0 Å². The lowest BCUT2D eigenvalue weighted by molar-refractivity contribution is -0.908. The Bertz CT molecular complexity index is 500. The first-order valence-electron chi connectivity index (χ1n) is 8.01. The minimum atomic E-state index is 0.00351. The second-order valence-corrected chi connectivity index (χ2v) is 5.50. The Morgan fingerprint density at radius 2 is 1.96 bits per heavy atom. The van der Waals surface area contributed by atoms with E-state index in [0.29, 0.717) is 30.3 Å². The van der Waals surface area contributed by atoms with E-state index in [-0.39, 0.29) is 5.78 Å². The Morgan fingerprint density at radius 3 is 2.65 bits per heavy atom. The molecule has 6 heteroatoms. The standard InChI is InChI=1S/C17H25NO5/c1-14(19)15-3-4-16(17(13-15)20-2)23-12-11-22-10-7-18-5-8-21-9-6-18/h3-4,13H,5-12H2,1-2H3/p+1.